The fourth-order valence-electron chi connectivity index (χ4n) is 3.45. The van der Waals surface area contributed by atoms with E-state index in [0.29, 0.717) is 22.7 Å². The van der Waals surface area contributed by atoms with Crippen LogP contribution in [0, 0.1) is 19.8 Å². The van der Waals surface area contributed by atoms with Gasteiger partial charge in [0.25, 0.3) is 5.91 Å². The molecule has 7 nitrogen and oxygen atoms in total. The van der Waals surface area contributed by atoms with Crippen LogP contribution in [-0.4, -0.2) is 42.1 Å². The summed E-state index contributed by atoms with van der Waals surface area (Å²) in [6, 6.07) is 0.139. The smallest absolute Gasteiger partial charge is 0.355 e. The van der Waals surface area contributed by atoms with Crippen molar-refractivity contribution in [1.29, 1.82) is 0 Å². The zero-order valence-corrected chi connectivity index (χ0v) is 15.9. The second-order valence-electron chi connectivity index (χ2n) is 6.86. The number of carbonyl (C=O) groups excluding carboxylic acids is 3. The van der Waals surface area contributed by atoms with Gasteiger partial charge in [0, 0.05) is 11.7 Å². The second kappa shape index (κ2) is 8.87. The summed E-state index contributed by atoms with van der Waals surface area (Å²) in [5, 5.41) is 2.94. The Morgan fingerprint density at radius 1 is 1.12 bits per heavy atom. The van der Waals surface area contributed by atoms with Gasteiger partial charge in [0.05, 0.1) is 12.2 Å². The number of rotatable bonds is 6. The summed E-state index contributed by atoms with van der Waals surface area (Å²) < 4.78 is 10.1. The molecule has 1 saturated carbocycles. The molecule has 2 N–H and O–H groups in total. The number of nitrogens with one attached hydrogen (secondary N) is 2. The van der Waals surface area contributed by atoms with E-state index in [1.165, 1.54) is 6.42 Å². The van der Waals surface area contributed by atoms with Gasteiger partial charge in [-0.2, -0.15) is 0 Å². The molecule has 0 bridgehead atoms. The third-order valence-corrected chi connectivity index (χ3v) is 4.91. The molecule has 144 valence electrons. The summed E-state index contributed by atoms with van der Waals surface area (Å²) >= 11 is 0. The van der Waals surface area contributed by atoms with Crippen LogP contribution >= 0.6 is 0 Å². The van der Waals surface area contributed by atoms with Gasteiger partial charge < -0.3 is 19.8 Å². The van der Waals surface area contributed by atoms with Crippen LogP contribution in [0.4, 0.5) is 0 Å². The molecular formula is C19H28N2O5. The molecule has 0 unspecified atom stereocenters. The van der Waals surface area contributed by atoms with E-state index in [2.05, 4.69) is 17.2 Å². The van der Waals surface area contributed by atoms with E-state index < -0.39 is 11.9 Å². The minimum Gasteiger partial charge on any atom is -0.462 e. The summed E-state index contributed by atoms with van der Waals surface area (Å²) in [7, 11) is 0. The van der Waals surface area contributed by atoms with Gasteiger partial charge in [0.15, 0.2) is 6.61 Å². The molecule has 0 spiro atoms. The predicted molar refractivity (Wildman–Crippen MR) is 96.1 cm³/mol. The lowest BCUT2D eigenvalue weighted by Crippen LogP contribution is -2.42. The standard InChI is InChI=1S/C19H28N2O5/c1-5-25-18(23)16-12(3)17(20-13(16)4)19(24)26-10-15(22)21-14-9-7-6-8-11(14)2/h11,14,20H,5-10H2,1-4H3,(H,21,22)/t11-,14+/m1/s1. The first-order valence-corrected chi connectivity index (χ1v) is 9.17. The normalized spacial score (nSPS) is 19.7. The number of hydrogen-bond donors (Lipinski definition) is 2. The van der Waals surface area contributed by atoms with Crippen molar-refractivity contribution in [2.75, 3.05) is 13.2 Å². The van der Waals surface area contributed by atoms with Gasteiger partial charge in [-0.25, -0.2) is 9.59 Å². The van der Waals surface area contributed by atoms with Crippen LogP contribution < -0.4 is 5.32 Å². The van der Waals surface area contributed by atoms with Gasteiger partial charge in [-0.05, 0) is 45.1 Å². The van der Waals surface area contributed by atoms with E-state index in [0.717, 1.165) is 19.3 Å². The lowest BCUT2D eigenvalue weighted by molar-refractivity contribution is -0.125. The predicted octanol–water partition coefficient (Wildman–Crippen LogP) is 2.66. The zero-order chi connectivity index (χ0) is 19.3. The third kappa shape index (κ3) is 4.65. The SMILES string of the molecule is CCOC(=O)c1c(C)[nH]c(C(=O)OCC(=O)N[C@H]2CCCC[C@H]2C)c1C. The topological polar surface area (TPSA) is 97.5 Å². The van der Waals surface area contributed by atoms with Crippen molar-refractivity contribution in [2.45, 2.75) is 59.4 Å². The van der Waals surface area contributed by atoms with E-state index in [1.807, 2.05) is 0 Å². The first-order valence-electron chi connectivity index (χ1n) is 9.17. The van der Waals surface area contributed by atoms with Gasteiger partial charge in [-0.15, -0.1) is 0 Å². The van der Waals surface area contributed by atoms with Crippen molar-refractivity contribution in [3.05, 3.63) is 22.5 Å². The molecule has 7 heteroatoms. The molecule has 1 aliphatic carbocycles. The summed E-state index contributed by atoms with van der Waals surface area (Å²) in [4.78, 5) is 39.2. The van der Waals surface area contributed by atoms with Crippen molar-refractivity contribution < 1.29 is 23.9 Å². The summed E-state index contributed by atoms with van der Waals surface area (Å²) in [6.07, 6.45) is 4.35. The highest BCUT2D eigenvalue weighted by Crippen LogP contribution is 2.23. The fraction of sp³-hybridized carbons (Fsp3) is 0.632. The number of ether oxygens (including phenoxy) is 2. The van der Waals surface area contributed by atoms with Gasteiger partial charge >= 0.3 is 11.9 Å². The molecule has 1 amide bonds. The molecule has 2 atom stereocenters. The maximum atomic E-state index is 12.3. The molecule has 0 radical (unpaired) electrons. The van der Waals surface area contributed by atoms with Gasteiger partial charge in [-0.1, -0.05) is 19.8 Å². The Hall–Kier alpha value is -2.31. The molecule has 26 heavy (non-hydrogen) atoms. The van der Waals surface area contributed by atoms with Gasteiger partial charge in [0.1, 0.15) is 5.69 Å². The first kappa shape index (κ1) is 20.0. The Morgan fingerprint density at radius 3 is 2.46 bits per heavy atom. The molecule has 0 saturated heterocycles. The Morgan fingerprint density at radius 2 is 1.81 bits per heavy atom. The average molecular weight is 364 g/mol. The molecule has 1 aromatic rings. The molecule has 1 aromatic heterocycles. The highest BCUT2D eigenvalue weighted by molar-refractivity contribution is 5.99. The molecule has 1 fully saturated rings. The van der Waals surface area contributed by atoms with Crippen LogP contribution in [0.3, 0.4) is 0 Å². The number of H-pyrrole nitrogens is 1. The minimum atomic E-state index is -0.659. The van der Waals surface area contributed by atoms with Crippen molar-refractivity contribution >= 4 is 17.8 Å². The van der Waals surface area contributed by atoms with Crippen LogP contribution in [0.25, 0.3) is 0 Å². The summed E-state index contributed by atoms with van der Waals surface area (Å²) in [5.41, 5.74) is 1.50. The second-order valence-corrected chi connectivity index (χ2v) is 6.86. The highest BCUT2D eigenvalue weighted by Gasteiger charge is 2.26. The molecule has 0 aliphatic heterocycles. The maximum absolute atomic E-state index is 12.3. The minimum absolute atomic E-state index is 0.139. The lowest BCUT2D eigenvalue weighted by Gasteiger charge is -2.29. The van der Waals surface area contributed by atoms with Gasteiger partial charge in [0.2, 0.25) is 0 Å². The number of aromatic amines is 1. The van der Waals surface area contributed by atoms with Crippen LogP contribution in [0.2, 0.25) is 0 Å². The fourth-order valence-corrected chi connectivity index (χ4v) is 3.45. The van der Waals surface area contributed by atoms with Crippen LogP contribution in [0.5, 0.6) is 0 Å². The number of aromatic nitrogens is 1. The molecule has 0 aromatic carbocycles. The highest BCUT2D eigenvalue weighted by atomic mass is 16.5. The van der Waals surface area contributed by atoms with Crippen LogP contribution in [0.1, 0.15) is 71.6 Å². The Bertz CT molecular complexity index is 680. The Balaban J connectivity index is 1.94. The van der Waals surface area contributed by atoms with Crippen LogP contribution in [-0.2, 0) is 14.3 Å². The number of hydrogen-bond acceptors (Lipinski definition) is 5. The molecule has 1 heterocycles. The maximum Gasteiger partial charge on any atom is 0.355 e. The van der Waals surface area contributed by atoms with E-state index in [-0.39, 0.29) is 30.9 Å². The summed E-state index contributed by atoms with van der Waals surface area (Å²) in [5.74, 6) is -1.01. The molecule has 2 rings (SSSR count). The van der Waals surface area contributed by atoms with E-state index >= 15 is 0 Å². The largest absolute Gasteiger partial charge is 0.462 e. The van der Waals surface area contributed by atoms with Gasteiger partial charge in [-0.3, -0.25) is 4.79 Å². The summed E-state index contributed by atoms with van der Waals surface area (Å²) in [6.45, 7) is 7.09. The number of esters is 2. The number of aryl methyl sites for hydroxylation is 1. The van der Waals surface area contributed by atoms with Crippen molar-refractivity contribution in [3.63, 3.8) is 0 Å². The van der Waals surface area contributed by atoms with Crippen molar-refractivity contribution in [2.24, 2.45) is 5.92 Å². The first-order chi connectivity index (χ1) is 12.3. The lowest BCUT2D eigenvalue weighted by atomic mass is 9.86. The number of amides is 1. The van der Waals surface area contributed by atoms with E-state index in [9.17, 15) is 14.4 Å². The van der Waals surface area contributed by atoms with Crippen LogP contribution in [0.15, 0.2) is 0 Å². The monoisotopic (exact) mass is 364 g/mol. The Labute approximate surface area is 153 Å². The van der Waals surface area contributed by atoms with E-state index in [4.69, 9.17) is 9.47 Å². The zero-order valence-electron chi connectivity index (χ0n) is 15.9. The van der Waals surface area contributed by atoms with Crippen molar-refractivity contribution in [1.82, 2.24) is 10.3 Å². The average Bonchev–Trinajstić information content (AvgIpc) is 2.89. The third-order valence-electron chi connectivity index (χ3n) is 4.91. The number of carbonyl (C=O) groups is 3. The van der Waals surface area contributed by atoms with Crippen molar-refractivity contribution in [3.8, 4) is 0 Å². The Kier molecular flexibility index (Phi) is 6.83. The van der Waals surface area contributed by atoms with E-state index in [1.54, 1.807) is 20.8 Å². The molecule has 1 aliphatic rings. The quantitative estimate of drug-likeness (QED) is 0.756. The molecular weight excluding hydrogens is 336 g/mol.